The van der Waals surface area contributed by atoms with Gasteiger partial charge in [0.25, 0.3) is 11.8 Å². The summed E-state index contributed by atoms with van der Waals surface area (Å²) >= 11 is 0. The van der Waals surface area contributed by atoms with Crippen LogP contribution in [0, 0.1) is 0 Å². The van der Waals surface area contributed by atoms with E-state index in [0.29, 0.717) is 34.3 Å². The van der Waals surface area contributed by atoms with Crippen LogP contribution in [0.25, 0.3) is 22.8 Å². The molecule has 4 aromatic rings. The van der Waals surface area contributed by atoms with Crippen LogP contribution in [0.3, 0.4) is 0 Å². The van der Waals surface area contributed by atoms with Gasteiger partial charge >= 0.3 is 0 Å². The number of nitrogens with zero attached hydrogens (tertiary/aromatic N) is 2. The fourth-order valence-electron chi connectivity index (χ4n) is 2.80. The Kier molecular flexibility index (Phi) is 4.84. The molecule has 28 heavy (non-hydrogen) atoms. The number of anilines is 1. The summed E-state index contributed by atoms with van der Waals surface area (Å²) < 4.78 is 10.8. The van der Waals surface area contributed by atoms with Crippen LogP contribution in [-0.4, -0.2) is 23.2 Å². The summed E-state index contributed by atoms with van der Waals surface area (Å²) in [7, 11) is 1.60. The summed E-state index contributed by atoms with van der Waals surface area (Å²) in [6, 6.07) is 23.8. The smallest absolute Gasteiger partial charge is 0.258 e. The van der Waals surface area contributed by atoms with Gasteiger partial charge in [-0.3, -0.25) is 4.79 Å². The minimum absolute atomic E-state index is 0.182. The minimum atomic E-state index is -0.182. The minimum Gasteiger partial charge on any atom is -0.496 e. The number of amides is 1. The third-order valence-electron chi connectivity index (χ3n) is 4.18. The number of methoxy groups -OCH3 is 1. The third-order valence-corrected chi connectivity index (χ3v) is 4.18. The van der Waals surface area contributed by atoms with Gasteiger partial charge in [0.2, 0.25) is 5.82 Å². The Morgan fingerprint density at radius 1 is 0.964 bits per heavy atom. The lowest BCUT2D eigenvalue weighted by atomic mass is 10.1. The summed E-state index contributed by atoms with van der Waals surface area (Å²) in [6.07, 6.45) is 0. The number of aromatic nitrogens is 2. The summed E-state index contributed by atoms with van der Waals surface area (Å²) in [5.41, 5.74) is 2.68. The Bertz CT molecular complexity index is 1110. The van der Waals surface area contributed by atoms with Crippen molar-refractivity contribution in [1.29, 1.82) is 0 Å². The molecule has 1 N–H and O–H groups in total. The largest absolute Gasteiger partial charge is 0.496 e. The molecule has 1 amide bonds. The van der Waals surface area contributed by atoms with E-state index < -0.39 is 0 Å². The van der Waals surface area contributed by atoms with Crippen LogP contribution in [0.1, 0.15) is 10.4 Å². The van der Waals surface area contributed by atoms with Crippen molar-refractivity contribution in [2.45, 2.75) is 0 Å². The van der Waals surface area contributed by atoms with Crippen LogP contribution >= 0.6 is 0 Å². The summed E-state index contributed by atoms with van der Waals surface area (Å²) in [5, 5.41) is 6.93. The van der Waals surface area contributed by atoms with Crippen LogP contribution in [0.15, 0.2) is 83.4 Å². The molecule has 0 saturated heterocycles. The molecule has 0 fully saturated rings. The first-order valence-corrected chi connectivity index (χ1v) is 8.68. The Hall–Kier alpha value is -3.93. The van der Waals surface area contributed by atoms with E-state index in [1.807, 2.05) is 60.7 Å². The van der Waals surface area contributed by atoms with Gasteiger partial charge < -0.3 is 14.6 Å². The fourth-order valence-corrected chi connectivity index (χ4v) is 2.80. The van der Waals surface area contributed by atoms with Gasteiger partial charge in [0.15, 0.2) is 0 Å². The van der Waals surface area contributed by atoms with E-state index >= 15 is 0 Å². The Morgan fingerprint density at radius 2 is 1.75 bits per heavy atom. The molecule has 1 heterocycles. The molecule has 0 atom stereocenters. The van der Waals surface area contributed by atoms with E-state index in [9.17, 15) is 4.79 Å². The van der Waals surface area contributed by atoms with E-state index in [2.05, 4.69) is 15.5 Å². The maximum atomic E-state index is 12.3. The topological polar surface area (TPSA) is 77.3 Å². The average molecular weight is 371 g/mol. The van der Waals surface area contributed by atoms with Crippen molar-refractivity contribution in [3.63, 3.8) is 0 Å². The zero-order chi connectivity index (χ0) is 19.3. The van der Waals surface area contributed by atoms with E-state index in [4.69, 9.17) is 9.26 Å². The van der Waals surface area contributed by atoms with Crippen LogP contribution in [0.5, 0.6) is 5.75 Å². The molecule has 0 spiro atoms. The monoisotopic (exact) mass is 371 g/mol. The van der Waals surface area contributed by atoms with Crippen molar-refractivity contribution in [2.24, 2.45) is 0 Å². The zero-order valence-corrected chi connectivity index (χ0v) is 15.1. The second kappa shape index (κ2) is 7.75. The molecule has 0 aliphatic carbocycles. The highest BCUT2D eigenvalue weighted by atomic mass is 16.5. The molecule has 138 valence electrons. The molecule has 0 bridgehead atoms. The molecular weight excluding hydrogens is 354 g/mol. The molecule has 0 radical (unpaired) electrons. The average Bonchev–Trinajstić information content (AvgIpc) is 3.25. The number of ether oxygens (including phenoxy) is 1. The number of rotatable bonds is 5. The summed E-state index contributed by atoms with van der Waals surface area (Å²) in [5.74, 6) is 1.28. The SMILES string of the molecule is COc1ccccc1-c1noc(-c2cccc(NC(=O)c3ccccc3)c2)n1. The highest BCUT2D eigenvalue weighted by Crippen LogP contribution is 2.29. The van der Waals surface area contributed by atoms with Crippen molar-refractivity contribution < 1.29 is 14.1 Å². The zero-order valence-electron chi connectivity index (χ0n) is 15.1. The van der Waals surface area contributed by atoms with Gasteiger partial charge in [-0.2, -0.15) is 4.98 Å². The quantitative estimate of drug-likeness (QED) is 0.552. The number of nitrogens with one attached hydrogen (secondary N) is 1. The number of carbonyl (C=O) groups is 1. The normalized spacial score (nSPS) is 10.5. The van der Waals surface area contributed by atoms with E-state index in [0.717, 1.165) is 5.56 Å². The number of benzene rings is 3. The van der Waals surface area contributed by atoms with Crippen LogP contribution < -0.4 is 10.1 Å². The highest BCUT2D eigenvalue weighted by molar-refractivity contribution is 6.04. The second-order valence-corrected chi connectivity index (χ2v) is 6.02. The van der Waals surface area contributed by atoms with Crippen LogP contribution in [0.4, 0.5) is 5.69 Å². The lowest BCUT2D eigenvalue weighted by molar-refractivity contribution is 0.102. The Labute approximate surface area is 161 Å². The molecule has 0 saturated carbocycles. The van der Waals surface area contributed by atoms with Gasteiger partial charge in [-0.25, -0.2) is 0 Å². The van der Waals surface area contributed by atoms with Gasteiger partial charge in [0.1, 0.15) is 5.75 Å². The molecule has 4 rings (SSSR count). The number of carbonyl (C=O) groups excluding carboxylic acids is 1. The molecular formula is C22H17N3O3. The van der Waals surface area contributed by atoms with Crippen LogP contribution in [-0.2, 0) is 0 Å². The van der Waals surface area contributed by atoms with Crippen LogP contribution in [0.2, 0.25) is 0 Å². The summed E-state index contributed by atoms with van der Waals surface area (Å²) in [4.78, 5) is 16.8. The van der Waals surface area contributed by atoms with Crippen molar-refractivity contribution in [3.05, 3.63) is 84.4 Å². The van der Waals surface area contributed by atoms with Gasteiger partial charge in [-0.1, -0.05) is 41.6 Å². The maximum Gasteiger partial charge on any atom is 0.258 e. The second-order valence-electron chi connectivity index (χ2n) is 6.02. The third kappa shape index (κ3) is 3.61. The molecule has 3 aromatic carbocycles. The first-order chi connectivity index (χ1) is 13.7. The lowest BCUT2D eigenvalue weighted by Crippen LogP contribution is -2.11. The number of para-hydroxylation sites is 1. The molecule has 0 aliphatic heterocycles. The molecule has 6 heteroatoms. The molecule has 6 nitrogen and oxygen atoms in total. The van der Waals surface area contributed by atoms with Gasteiger partial charge in [-0.15, -0.1) is 0 Å². The predicted molar refractivity (Wildman–Crippen MR) is 106 cm³/mol. The van der Waals surface area contributed by atoms with E-state index in [-0.39, 0.29) is 5.91 Å². The molecule has 1 aromatic heterocycles. The molecule has 0 aliphatic rings. The number of hydrogen-bond donors (Lipinski definition) is 1. The highest BCUT2D eigenvalue weighted by Gasteiger charge is 2.15. The van der Waals surface area contributed by atoms with Crippen molar-refractivity contribution in [2.75, 3.05) is 12.4 Å². The standard InChI is InChI=1S/C22H17N3O3/c1-27-19-13-6-5-12-18(19)20-24-22(28-25-20)16-10-7-11-17(14-16)23-21(26)15-8-3-2-4-9-15/h2-14H,1H3,(H,23,26). The first-order valence-electron chi connectivity index (χ1n) is 8.68. The van der Waals surface area contributed by atoms with Crippen molar-refractivity contribution in [1.82, 2.24) is 10.1 Å². The van der Waals surface area contributed by atoms with E-state index in [1.165, 1.54) is 0 Å². The Balaban J connectivity index is 1.58. The number of hydrogen-bond acceptors (Lipinski definition) is 5. The van der Waals surface area contributed by atoms with E-state index in [1.54, 1.807) is 25.3 Å². The molecule has 0 unspecified atom stereocenters. The maximum absolute atomic E-state index is 12.3. The van der Waals surface area contributed by atoms with Crippen molar-refractivity contribution >= 4 is 11.6 Å². The van der Waals surface area contributed by atoms with Gasteiger partial charge in [0.05, 0.1) is 12.7 Å². The Morgan fingerprint density at radius 3 is 2.57 bits per heavy atom. The predicted octanol–water partition coefficient (Wildman–Crippen LogP) is 4.66. The van der Waals surface area contributed by atoms with Gasteiger partial charge in [-0.05, 0) is 42.5 Å². The first kappa shape index (κ1) is 17.5. The van der Waals surface area contributed by atoms with Crippen molar-refractivity contribution in [3.8, 4) is 28.6 Å². The fraction of sp³-hybridized carbons (Fsp3) is 0.0455. The van der Waals surface area contributed by atoms with Gasteiger partial charge in [0, 0.05) is 16.8 Å². The summed E-state index contributed by atoms with van der Waals surface area (Å²) in [6.45, 7) is 0. The lowest BCUT2D eigenvalue weighted by Gasteiger charge is -2.06.